The molecule has 1 aromatic carbocycles. The number of fused-ring (bicyclic) bond motifs is 1. The number of piperidine rings is 1. The van der Waals surface area contributed by atoms with E-state index in [-0.39, 0.29) is 12.3 Å². The summed E-state index contributed by atoms with van der Waals surface area (Å²) in [6, 6.07) is 8.11. The summed E-state index contributed by atoms with van der Waals surface area (Å²) in [4.78, 5) is 30.9. The molecule has 1 saturated heterocycles. The molecule has 0 spiro atoms. The summed E-state index contributed by atoms with van der Waals surface area (Å²) in [7, 11) is 0. The molecule has 2 aliphatic rings. The molecule has 1 saturated carbocycles. The maximum absolute atomic E-state index is 13.2. The van der Waals surface area contributed by atoms with Crippen molar-refractivity contribution in [2.24, 2.45) is 5.92 Å². The number of carboxylic acid groups (broad SMARTS) is 1. The van der Waals surface area contributed by atoms with E-state index in [1.165, 1.54) is 19.3 Å². The van der Waals surface area contributed by atoms with Crippen molar-refractivity contribution in [3.63, 3.8) is 0 Å². The number of hydrogen-bond acceptors (Lipinski definition) is 3. The minimum Gasteiger partial charge on any atom is -0.481 e. The SMILES string of the molecule is O=C(O)CCC1CCCN(C(=O)Cn2c(C3CCCCC3)nc3ccccc32)C1. The van der Waals surface area contributed by atoms with E-state index in [4.69, 9.17) is 10.1 Å². The first kappa shape index (κ1) is 19.9. The van der Waals surface area contributed by atoms with E-state index < -0.39 is 5.97 Å². The van der Waals surface area contributed by atoms with Crippen LogP contribution in [0, 0.1) is 5.92 Å². The minimum atomic E-state index is -0.754. The van der Waals surface area contributed by atoms with Crippen LogP contribution in [-0.4, -0.2) is 44.5 Å². The maximum Gasteiger partial charge on any atom is 0.303 e. The number of benzene rings is 1. The average Bonchev–Trinajstić information content (AvgIpc) is 3.11. The van der Waals surface area contributed by atoms with Crippen LogP contribution in [0.5, 0.6) is 0 Å². The second kappa shape index (κ2) is 8.97. The van der Waals surface area contributed by atoms with Gasteiger partial charge in [0, 0.05) is 25.4 Å². The summed E-state index contributed by atoms with van der Waals surface area (Å²) in [6.07, 6.45) is 8.87. The maximum atomic E-state index is 13.2. The minimum absolute atomic E-state index is 0.130. The summed E-state index contributed by atoms with van der Waals surface area (Å²) >= 11 is 0. The first-order chi connectivity index (χ1) is 14.1. The third-order valence-corrected chi connectivity index (χ3v) is 6.59. The Bertz CT molecular complexity index is 869. The Hall–Kier alpha value is -2.37. The molecule has 6 heteroatoms. The number of hydrogen-bond donors (Lipinski definition) is 1. The van der Waals surface area contributed by atoms with Crippen molar-refractivity contribution in [1.29, 1.82) is 0 Å². The van der Waals surface area contributed by atoms with Crippen LogP contribution in [0.4, 0.5) is 0 Å². The van der Waals surface area contributed by atoms with Crippen molar-refractivity contribution < 1.29 is 14.7 Å². The zero-order chi connectivity index (χ0) is 20.2. The molecule has 156 valence electrons. The van der Waals surface area contributed by atoms with Crippen LogP contribution in [-0.2, 0) is 16.1 Å². The van der Waals surface area contributed by atoms with Gasteiger partial charge in [0.2, 0.25) is 5.91 Å². The largest absolute Gasteiger partial charge is 0.481 e. The second-order valence-corrected chi connectivity index (χ2v) is 8.66. The Labute approximate surface area is 171 Å². The van der Waals surface area contributed by atoms with E-state index in [0.717, 1.165) is 49.1 Å². The van der Waals surface area contributed by atoms with Crippen molar-refractivity contribution in [3.8, 4) is 0 Å². The van der Waals surface area contributed by atoms with E-state index in [9.17, 15) is 9.59 Å². The monoisotopic (exact) mass is 397 g/mol. The number of carbonyl (C=O) groups excluding carboxylic acids is 1. The molecule has 1 amide bonds. The lowest BCUT2D eigenvalue weighted by molar-refractivity contribution is -0.137. The summed E-state index contributed by atoms with van der Waals surface area (Å²) in [5.41, 5.74) is 2.01. The summed E-state index contributed by atoms with van der Waals surface area (Å²) in [5, 5.41) is 8.95. The van der Waals surface area contributed by atoms with Gasteiger partial charge in [-0.25, -0.2) is 4.98 Å². The number of amides is 1. The molecule has 1 unspecified atom stereocenters. The molecule has 6 nitrogen and oxygen atoms in total. The van der Waals surface area contributed by atoms with Crippen molar-refractivity contribution in [2.75, 3.05) is 13.1 Å². The molecule has 1 N–H and O–H groups in total. The van der Waals surface area contributed by atoms with Gasteiger partial charge in [0.15, 0.2) is 0 Å². The van der Waals surface area contributed by atoms with Gasteiger partial charge >= 0.3 is 5.97 Å². The zero-order valence-electron chi connectivity index (χ0n) is 17.1. The van der Waals surface area contributed by atoms with Crippen LogP contribution >= 0.6 is 0 Å². The first-order valence-corrected chi connectivity index (χ1v) is 11.1. The van der Waals surface area contributed by atoms with Gasteiger partial charge in [-0.05, 0) is 50.2 Å². The molecule has 0 bridgehead atoms. The Morgan fingerprint density at radius 1 is 1.07 bits per heavy atom. The van der Waals surface area contributed by atoms with Gasteiger partial charge in [0.25, 0.3) is 0 Å². The van der Waals surface area contributed by atoms with Gasteiger partial charge in [0.05, 0.1) is 11.0 Å². The lowest BCUT2D eigenvalue weighted by Crippen LogP contribution is -2.41. The summed E-state index contributed by atoms with van der Waals surface area (Å²) in [5.74, 6) is 1.18. The fourth-order valence-corrected chi connectivity index (χ4v) is 5.02. The number of likely N-dealkylation sites (tertiary alicyclic amines) is 1. The van der Waals surface area contributed by atoms with E-state index in [1.807, 2.05) is 23.1 Å². The molecule has 1 atom stereocenters. The topological polar surface area (TPSA) is 75.4 Å². The van der Waals surface area contributed by atoms with Crippen LogP contribution in [0.2, 0.25) is 0 Å². The van der Waals surface area contributed by atoms with Gasteiger partial charge in [0.1, 0.15) is 12.4 Å². The number of carbonyl (C=O) groups is 2. The van der Waals surface area contributed by atoms with Gasteiger partial charge in [-0.1, -0.05) is 31.4 Å². The Kier molecular flexibility index (Phi) is 6.16. The van der Waals surface area contributed by atoms with Gasteiger partial charge in [-0.15, -0.1) is 0 Å². The third kappa shape index (κ3) is 4.62. The molecule has 29 heavy (non-hydrogen) atoms. The highest BCUT2D eigenvalue weighted by atomic mass is 16.4. The Morgan fingerprint density at radius 2 is 1.86 bits per heavy atom. The van der Waals surface area contributed by atoms with Gasteiger partial charge < -0.3 is 14.6 Å². The molecule has 0 radical (unpaired) electrons. The highest BCUT2D eigenvalue weighted by Gasteiger charge is 2.27. The molecule has 2 heterocycles. The van der Waals surface area contributed by atoms with E-state index in [0.29, 0.717) is 31.3 Å². The van der Waals surface area contributed by atoms with Crippen molar-refractivity contribution in [1.82, 2.24) is 14.5 Å². The smallest absolute Gasteiger partial charge is 0.303 e. The number of aliphatic carboxylic acids is 1. The normalized spacial score (nSPS) is 20.8. The summed E-state index contributed by atoms with van der Waals surface area (Å²) < 4.78 is 2.15. The number of imidazole rings is 1. The van der Waals surface area contributed by atoms with Crippen LogP contribution in [0.15, 0.2) is 24.3 Å². The predicted molar refractivity (Wildman–Crippen MR) is 112 cm³/mol. The molecule has 1 aromatic heterocycles. The standard InChI is InChI=1S/C23H31N3O3/c27-21(25-14-6-7-17(15-25)12-13-22(28)29)16-26-20-11-5-4-10-19(20)24-23(26)18-8-2-1-3-9-18/h4-5,10-11,17-18H,1-3,6-9,12-16H2,(H,28,29). The average molecular weight is 398 g/mol. The van der Waals surface area contributed by atoms with Crippen molar-refractivity contribution >= 4 is 22.9 Å². The molecular weight excluding hydrogens is 366 g/mol. The van der Waals surface area contributed by atoms with Crippen LogP contribution in [0.1, 0.15) is 69.5 Å². The zero-order valence-corrected chi connectivity index (χ0v) is 17.1. The quantitative estimate of drug-likeness (QED) is 0.793. The van der Waals surface area contributed by atoms with E-state index >= 15 is 0 Å². The number of para-hydroxylation sites is 2. The van der Waals surface area contributed by atoms with Crippen molar-refractivity contribution in [2.45, 2.75) is 70.3 Å². The fourth-order valence-electron chi connectivity index (χ4n) is 5.02. The summed E-state index contributed by atoms with van der Waals surface area (Å²) in [6.45, 7) is 1.78. The third-order valence-electron chi connectivity index (χ3n) is 6.59. The molecule has 1 aliphatic carbocycles. The lowest BCUT2D eigenvalue weighted by Gasteiger charge is -2.33. The number of nitrogens with zero attached hydrogens (tertiary/aromatic N) is 3. The molecular formula is C23H31N3O3. The molecule has 2 fully saturated rings. The molecule has 4 rings (SSSR count). The Balaban J connectivity index is 1.52. The molecule has 2 aromatic rings. The fraction of sp³-hybridized carbons (Fsp3) is 0.609. The number of aromatic nitrogens is 2. The lowest BCUT2D eigenvalue weighted by atomic mass is 9.88. The van der Waals surface area contributed by atoms with E-state index in [1.54, 1.807) is 0 Å². The predicted octanol–water partition coefficient (Wildman–Crippen LogP) is 4.19. The highest BCUT2D eigenvalue weighted by Crippen LogP contribution is 2.34. The second-order valence-electron chi connectivity index (χ2n) is 8.66. The van der Waals surface area contributed by atoms with Gasteiger partial charge in [-0.3, -0.25) is 9.59 Å². The number of rotatable bonds is 6. The highest BCUT2D eigenvalue weighted by molar-refractivity contribution is 5.81. The number of carboxylic acids is 1. The van der Waals surface area contributed by atoms with Crippen molar-refractivity contribution in [3.05, 3.63) is 30.1 Å². The van der Waals surface area contributed by atoms with Crippen LogP contribution < -0.4 is 0 Å². The first-order valence-electron chi connectivity index (χ1n) is 11.1. The Morgan fingerprint density at radius 3 is 2.66 bits per heavy atom. The molecule has 1 aliphatic heterocycles. The van der Waals surface area contributed by atoms with Gasteiger partial charge in [-0.2, -0.15) is 0 Å². The van der Waals surface area contributed by atoms with Crippen LogP contribution in [0.3, 0.4) is 0 Å². The van der Waals surface area contributed by atoms with E-state index in [2.05, 4.69) is 10.6 Å². The van der Waals surface area contributed by atoms with Crippen LogP contribution in [0.25, 0.3) is 11.0 Å².